The van der Waals surface area contributed by atoms with Crippen LogP contribution < -0.4 is 0 Å². The maximum absolute atomic E-state index is 11.6. The minimum atomic E-state index is -0.289. The number of carbonyl (C=O) groups excluding carboxylic acids is 2. The predicted octanol–water partition coefficient (Wildman–Crippen LogP) is 1.54. The lowest BCUT2D eigenvalue weighted by Crippen LogP contribution is -2.37. The first kappa shape index (κ1) is 11.3. The second kappa shape index (κ2) is 4.35. The van der Waals surface area contributed by atoms with Crippen LogP contribution >= 0.6 is 31.9 Å². The number of hydrogen-bond acceptors (Lipinski definition) is 3. The third-order valence-electron chi connectivity index (χ3n) is 2.47. The van der Waals surface area contributed by atoms with Crippen LogP contribution in [0.1, 0.15) is 12.8 Å². The van der Waals surface area contributed by atoms with Crippen LogP contribution in [-0.2, 0) is 14.3 Å². The van der Waals surface area contributed by atoms with Crippen molar-refractivity contribution in [3.63, 3.8) is 0 Å². The van der Waals surface area contributed by atoms with E-state index in [4.69, 9.17) is 4.74 Å². The minimum Gasteiger partial charge on any atom is -0.376 e. The van der Waals surface area contributed by atoms with Crippen LogP contribution in [0.4, 0.5) is 0 Å². The van der Waals surface area contributed by atoms with Gasteiger partial charge >= 0.3 is 0 Å². The average Bonchev–Trinajstić information content (AvgIpc) is 2.79. The fourth-order valence-corrected chi connectivity index (χ4v) is 2.44. The first-order valence-electron chi connectivity index (χ1n) is 4.64. The SMILES string of the molecule is O=C1C(Br)=C(Br)C(=O)N1CC1CCCO1. The fourth-order valence-electron chi connectivity index (χ4n) is 1.67. The van der Waals surface area contributed by atoms with E-state index >= 15 is 0 Å². The normalized spacial score (nSPS) is 27.1. The van der Waals surface area contributed by atoms with E-state index in [0.717, 1.165) is 19.4 Å². The van der Waals surface area contributed by atoms with E-state index in [9.17, 15) is 9.59 Å². The monoisotopic (exact) mass is 337 g/mol. The fraction of sp³-hybridized carbons (Fsp3) is 0.556. The quantitative estimate of drug-likeness (QED) is 0.717. The number of carbonyl (C=O) groups is 2. The molecule has 1 saturated heterocycles. The van der Waals surface area contributed by atoms with Crippen molar-refractivity contribution < 1.29 is 14.3 Å². The molecule has 1 atom stereocenters. The molecule has 82 valence electrons. The van der Waals surface area contributed by atoms with Gasteiger partial charge in [0, 0.05) is 6.61 Å². The van der Waals surface area contributed by atoms with Gasteiger partial charge in [-0.3, -0.25) is 14.5 Å². The van der Waals surface area contributed by atoms with Gasteiger partial charge in [0.1, 0.15) is 8.96 Å². The molecule has 0 aromatic carbocycles. The molecule has 0 radical (unpaired) electrons. The van der Waals surface area contributed by atoms with Crippen molar-refractivity contribution in [1.82, 2.24) is 4.90 Å². The number of rotatable bonds is 2. The molecule has 4 nitrogen and oxygen atoms in total. The summed E-state index contributed by atoms with van der Waals surface area (Å²) in [5.41, 5.74) is 0. The van der Waals surface area contributed by atoms with Gasteiger partial charge in [0.05, 0.1) is 12.6 Å². The summed E-state index contributed by atoms with van der Waals surface area (Å²) in [4.78, 5) is 24.5. The summed E-state index contributed by atoms with van der Waals surface area (Å²) in [5.74, 6) is -0.579. The van der Waals surface area contributed by atoms with Gasteiger partial charge < -0.3 is 4.74 Å². The maximum Gasteiger partial charge on any atom is 0.269 e. The zero-order valence-corrected chi connectivity index (χ0v) is 11.0. The summed E-state index contributed by atoms with van der Waals surface area (Å²) < 4.78 is 5.98. The topological polar surface area (TPSA) is 46.6 Å². The standard InChI is InChI=1S/C9H9Br2NO3/c10-6-7(11)9(14)12(8(6)13)4-5-2-1-3-15-5/h5H,1-4H2. The maximum atomic E-state index is 11.6. The predicted molar refractivity (Wildman–Crippen MR) is 60.6 cm³/mol. The first-order chi connectivity index (χ1) is 7.11. The van der Waals surface area contributed by atoms with Crippen LogP contribution in [0.15, 0.2) is 8.96 Å². The number of hydrogen-bond donors (Lipinski definition) is 0. The van der Waals surface area contributed by atoms with Crippen molar-refractivity contribution in [3.05, 3.63) is 8.96 Å². The van der Waals surface area contributed by atoms with E-state index in [0.29, 0.717) is 15.5 Å². The Morgan fingerprint density at radius 2 is 1.87 bits per heavy atom. The summed E-state index contributed by atoms with van der Waals surface area (Å²) in [6.07, 6.45) is 1.90. The molecule has 0 spiro atoms. The molecule has 0 aliphatic carbocycles. The Balaban J connectivity index is 2.06. The van der Waals surface area contributed by atoms with E-state index in [1.165, 1.54) is 4.90 Å². The van der Waals surface area contributed by atoms with Crippen LogP contribution in [0, 0.1) is 0 Å². The van der Waals surface area contributed by atoms with E-state index in [2.05, 4.69) is 31.9 Å². The Bertz CT molecular complexity index is 323. The van der Waals surface area contributed by atoms with E-state index < -0.39 is 0 Å². The largest absolute Gasteiger partial charge is 0.376 e. The molecule has 2 amide bonds. The molecule has 0 aromatic rings. The van der Waals surface area contributed by atoms with Crippen molar-refractivity contribution in [2.75, 3.05) is 13.2 Å². The highest BCUT2D eigenvalue weighted by Gasteiger charge is 2.37. The third kappa shape index (κ3) is 2.03. The van der Waals surface area contributed by atoms with Gasteiger partial charge in [0.15, 0.2) is 0 Å². The molecule has 0 N–H and O–H groups in total. The lowest BCUT2D eigenvalue weighted by atomic mass is 10.2. The van der Waals surface area contributed by atoms with Crippen molar-refractivity contribution in [3.8, 4) is 0 Å². The Kier molecular flexibility index (Phi) is 3.27. The summed E-state index contributed by atoms with van der Waals surface area (Å²) in [6.45, 7) is 1.07. The zero-order chi connectivity index (χ0) is 11.0. The van der Waals surface area contributed by atoms with Crippen molar-refractivity contribution in [2.24, 2.45) is 0 Å². The highest BCUT2D eigenvalue weighted by Crippen LogP contribution is 2.30. The molecule has 6 heteroatoms. The molecule has 0 aromatic heterocycles. The van der Waals surface area contributed by atoms with Crippen LogP contribution in [0.25, 0.3) is 0 Å². The Hall–Kier alpha value is -0.200. The molecule has 1 fully saturated rings. The highest BCUT2D eigenvalue weighted by molar-refractivity contribution is 9.14. The highest BCUT2D eigenvalue weighted by atomic mass is 79.9. The Labute approximate surface area is 104 Å². The van der Waals surface area contributed by atoms with Crippen LogP contribution in [0.3, 0.4) is 0 Å². The van der Waals surface area contributed by atoms with Crippen LogP contribution in [-0.4, -0.2) is 36.0 Å². The molecule has 2 aliphatic rings. The van der Waals surface area contributed by atoms with Crippen molar-refractivity contribution in [2.45, 2.75) is 18.9 Å². The number of nitrogens with zero attached hydrogens (tertiary/aromatic N) is 1. The number of halogens is 2. The van der Waals surface area contributed by atoms with Crippen molar-refractivity contribution in [1.29, 1.82) is 0 Å². The van der Waals surface area contributed by atoms with Gasteiger partial charge in [-0.1, -0.05) is 0 Å². The Morgan fingerprint density at radius 1 is 1.27 bits per heavy atom. The minimum absolute atomic E-state index is 0.00315. The summed E-state index contributed by atoms with van der Waals surface area (Å²) in [7, 11) is 0. The van der Waals surface area contributed by atoms with Crippen LogP contribution in [0.5, 0.6) is 0 Å². The van der Waals surface area contributed by atoms with E-state index in [1.54, 1.807) is 0 Å². The van der Waals surface area contributed by atoms with E-state index in [-0.39, 0.29) is 17.9 Å². The summed E-state index contributed by atoms with van der Waals surface area (Å²) in [6, 6.07) is 0. The molecule has 0 bridgehead atoms. The molecule has 2 rings (SSSR count). The van der Waals surface area contributed by atoms with Gasteiger partial charge in [0.2, 0.25) is 0 Å². The molecule has 1 unspecified atom stereocenters. The van der Waals surface area contributed by atoms with Crippen LogP contribution in [0.2, 0.25) is 0 Å². The Morgan fingerprint density at radius 3 is 2.33 bits per heavy atom. The number of imide groups is 1. The smallest absolute Gasteiger partial charge is 0.269 e. The van der Waals surface area contributed by atoms with Gasteiger partial charge in [-0.15, -0.1) is 0 Å². The zero-order valence-electron chi connectivity index (χ0n) is 7.83. The van der Waals surface area contributed by atoms with Gasteiger partial charge in [-0.2, -0.15) is 0 Å². The van der Waals surface area contributed by atoms with Crippen molar-refractivity contribution >= 4 is 43.7 Å². The summed E-state index contributed by atoms with van der Waals surface area (Å²) in [5, 5.41) is 0. The van der Waals surface area contributed by atoms with E-state index in [1.807, 2.05) is 0 Å². The first-order valence-corrected chi connectivity index (χ1v) is 6.23. The summed E-state index contributed by atoms with van der Waals surface area (Å²) >= 11 is 6.16. The number of amides is 2. The molecule has 15 heavy (non-hydrogen) atoms. The lowest BCUT2D eigenvalue weighted by molar-refractivity contribution is -0.138. The molecule has 2 heterocycles. The van der Waals surface area contributed by atoms with Gasteiger partial charge in [-0.25, -0.2) is 0 Å². The number of ether oxygens (including phenoxy) is 1. The molecule has 0 saturated carbocycles. The average molecular weight is 339 g/mol. The van der Waals surface area contributed by atoms with Gasteiger partial charge in [-0.05, 0) is 44.7 Å². The lowest BCUT2D eigenvalue weighted by Gasteiger charge is -2.18. The van der Waals surface area contributed by atoms with Gasteiger partial charge in [0.25, 0.3) is 11.8 Å². The second-order valence-corrected chi connectivity index (χ2v) is 5.07. The third-order valence-corrected chi connectivity index (χ3v) is 4.47. The molecular formula is C9H9Br2NO3. The molecule has 2 aliphatic heterocycles. The second-order valence-electron chi connectivity index (χ2n) is 3.48. The molecular weight excluding hydrogens is 330 g/mol.